The first-order valence-electron chi connectivity index (χ1n) is 5.84. The Hall–Kier alpha value is -1.49. The maximum Gasteiger partial charge on any atom is 0.274 e. The number of hydrogen-bond donors (Lipinski definition) is 1. The summed E-state index contributed by atoms with van der Waals surface area (Å²) in [5.74, 6) is 0.0815. The minimum absolute atomic E-state index is 0.0966. The van der Waals surface area contributed by atoms with Crippen LogP contribution in [0.1, 0.15) is 29.5 Å². The van der Waals surface area contributed by atoms with Crippen LogP contribution >= 0.6 is 0 Å². The fraction of sp³-hybridized carbons (Fsp3) is 0.583. The van der Waals surface area contributed by atoms with Gasteiger partial charge in [0.25, 0.3) is 5.91 Å². The Morgan fingerprint density at radius 2 is 2.29 bits per heavy atom. The lowest BCUT2D eigenvalue weighted by Crippen LogP contribution is -2.31. The van der Waals surface area contributed by atoms with E-state index in [0.29, 0.717) is 18.8 Å². The molecule has 2 unspecified atom stereocenters. The van der Waals surface area contributed by atoms with Gasteiger partial charge in [0.15, 0.2) is 0 Å². The van der Waals surface area contributed by atoms with E-state index in [1.807, 2.05) is 6.92 Å². The van der Waals surface area contributed by atoms with Crippen LogP contribution in [-0.4, -0.2) is 45.1 Å². The Balaban J connectivity index is 2.04. The van der Waals surface area contributed by atoms with Crippen LogP contribution in [0.3, 0.4) is 0 Å². The first-order valence-corrected chi connectivity index (χ1v) is 5.84. The number of hydrogen-bond acceptors (Lipinski definition) is 4. The van der Waals surface area contributed by atoms with Crippen LogP contribution in [0.2, 0.25) is 0 Å². The van der Waals surface area contributed by atoms with E-state index in [-0.39, 0.29) is 17.9 Å². The molecule has 5 nitrogen and oxygen atoms in total. The van der Waals surface area contributed by atoms with Crippen molar-refractivity contribution in [2.45, 2.75) is 26.4 Å². The molecule has 0 aromatic carbocycles. The molecule has 1 saturated heterocycles. The highest BCUT2D eigenvalue weighted by atomic mass is 16.3. The van der Waals surface area contributed by atoms with Gasteiger partial charge in [-0.25, -0.2) is 4.98 Å². The predicted molar refractivity (Wildman–Crippen MR) is 62.5 cm³/mol. The monoisotopic (exact) mass is 235 g/mol. The molecule has 0 aliphatic carbocycles. The third-order valence-corrected chi connectivity index (χ3v) is 3.19. The second kappa shape index (κ2) is 4.79. The molecule has 2 rings (SSSR count). The molecule has 0 radical (unpaired) electrons. The lowest BCUT2D eigenvalue weighted by molar-refractivity contribution is 0.0756. The zero-order valence-electron chi connectivity index (χ0n) is 10.1. The fourth-order valence-electron chi connectivity index (χ4n) is 2.03. The molecule has 0 saturated carbocycles. The van der Waals surface area contributed by atoms with Gasteiger partial charge in [-0.1, -0.05) is 0 Å². The van der Waals surface area contributed by atoms with Crippen molar-refractivity contribution in [3.8, 4) is 0 Å². The number of nitrogens with zero attached hydrogens (tertiary/aromatic N) is 3. The van der Waals surface area contributed by atoms with E-state index in [2.05, 4.69) is 9.97 Å². The third-order valence-electron chi connectivity index (χ3n) is 3.19. The van der Waals surface area contributed by atoms with Crippen molar-refractivity contribution >= 4 is 5.91 Å². The minimum atomic E-state index is -0.364. The molecule has 0 bridgehead atoms. The van der Waals surface area contributed by atoms with Gasteiger partial charge in [0.05, 0.1) is 18.0 Å². The number of aliphatic hydroxyl groups excluding tert-OH is 1. The van der Waals surface area contributed by atoms with Crippen LogP contribution in [0.15, 0.2) is 12.4 Å². The van der Waals surface area contributed by atoms with E-state index >= 15 is 0 Å². The zero-order valence-corrected chi connectivity index (χ0v) is 10.1. The Kier molecular flexibility index (Phi) is 3.38. The summed E-state index contributed by atoms with van der Waals surface area (Å²) in [7, 11) is 0. The number of carbonyl (C=O) groups is 1. The first kappa shape index (κ1) is 12.0. The molecule has 17 heavy (non-hydrogen) atoms. The molecular formula is C12H17N3O2. The minimum Gasteiger partial charge on any atom is -0.393 e. The summed E-state index contributed by atoms with van der Waals surface area (Å²) >= 11 is 0. The van der Waals surface area contributed by atoms with Crippen LogP contribution in [0.5, 0.6) is 0 Å². The first-order chi connectivity index (χ1) is 8.08. The number of amides is 1. The molecule has 92 valence electrons. The number of rotatable bonds is 2. The summed E-state index contributed by atoms with van der Waals surface area (Å²) in [5.41, 5.74) is 1.17. The summed E-state index contributed by atoms with van der Waals surface area (Å²) in [6.45, 7) is 4.89. The van der Waals surface area contributed by atoms with Crippen molar-refractivity contribution in [3.63, 3.8) is 0 Å². The second-order valence-electron chi connectivity index (χ2n) is 4.58. The van der Waals surface area contributed by atoms with Gasteiger partial charge in [0.1, 0.15) is 5.69 Å². The average molecular weight is 235 g/mol. The maximum atomic E-state index is 12.1. The molecule has 1 N–H and O–H groups in total. The lowest BCUT2D eigenvalue weighted by Gasteiger charge is -2.17. The van der Waals surface area contributed by atoms with Crippen LogP contribution in [0.4, 0.5) is 0 Å². The Morgan fingerprint density at radius 3 is 2.82 bits per heavy atom. The van der Waals surface area contributed by atoms with Crippen molar-refractivity contribution in [2.75, 3.05) is 13.1 Å². The van der Waals surface area contributed by atoms with Gasteiger partial charge >= 0.3 is 0 Å². The number of carbonyl (C=O) groups excluding carboxylic acids is 1. The Morgan fingerprint density at radius 1 is 1.53 bits per heavy atom. The molecule has 1 fully saturated rings. The number of aliphatic hydroxyl groups is 1. The van der Waals surface area contributed by atoms with Crippen LogP contribution < -0.4 is 0 Å². The van der Waals surface area contributed by atoms with Crippen molar-refractivity contribution in [1.29, 1.82) is 0 Å². The Labute approximate surface area is 100 Å². The molecule has 5 heteroatoms. The van der Waals surface area contributed by atoms with E-state index in [9.17, 15) is 9.90 Å². The fourth-order valence-corrected chi connectivity index (χ4v) is 2.03. The second-order valence-corrected chi connectivity index (χ2v) is 4.58. The smallest absolute Gasteiger partial charge is 0.274 e. The summed E-state index contributed by atoms with van der Waals surface area (Å²) in [6, 6.07) is 0. The van der Waals surface area contributed by atoms with Crippen molar-refractivity contribution in [3.05, 3.63) is 23.8 Å². The van der Waals surface area contributed by atoms with Gasteiger partial charge in [-0.15, -0.1) is 0 Å². The molecule has 1 amide bonds. The standard InChI is InChI=1S/C12H17N3O2/c1-8-5-14-11(6-13-8)12(17)15-4-3-10(7-15)9(2)16/h5-6,9-10,16H,3-4,7H2,1-2H3. The average Bonchev–Trinajstić information content (AvgIpc) is 2.78. The maximum absolute atomic E-state index is 12.1. The highest BCUT2D eigenvalue weighted by Gasteiger charge is 2.30. The molecule has 1 aliphatic rings. The molecule has 2 heterocycles. The SMILES string of the molecule is Cc1cnc(C(=O)N2CCC(C(C)O)C2)cn1. The van der Waals surface area contributed by atoms with E-state index in [1.165, 1.54) is 6.20 Å². The summed E-state index contributed by atoms with van der Waals surface area (Å²) in [5, 5.41) is 9.49. The molecule has 1 aromatic heterocycles. The van der Waals surface area contributed by atoms with Gasteiger partial charge in [-0.3, -0.25) is 9.78 Å². The molecule has 0 spiro atoms. The largest absolute Gasteiger partial charge is 0.393 e. The van der Waals surface area contributed by atoms with Gasteiger partial charge in [0, 0.05) is 25.2 Å². The van der Waals surface area contributed by atoms with E-state index in [4.69, 9.17) is 0 Å². The van der Waals surface area contributed by atoms with E-state index in [0.717, 1.165) is 12.1 Å². The molecular weight excluding hydrogens is 218 g/mol. The Bertz CT molecular complexity index is 403. The van der Waals surface area contributed by atoms with Crippen molar-refractivity contribution in [1.82, 2.24) is 14.9 Å². The van der Waals surface area contributed by atoms with Crippen molar-refractivity contribution in [2.24, 2.45) is 5.92 Å². The highest BCUT2D eigenvalue weighted by Crippen LogP contribution is 2.20. The quantitative estimate of drug-likeness (QED) is 0.816. The van der Waals surface area contributed by atoms with E-state index < -0.39 is 0 Å². The van der Waals surface area contributed by atoms with E-state index in [1.54, 1.807) is 18.0 Å². The third kappa shape index (κ3) is 2.61. The van der Waals surface area contributed by atoms with Crippen LogP contribution in [0, 0.1) is 12.8 Å². The summed E-state index contributed by atoms with van der Waals surface area (Å²) < 4.78 is 0. The van der Waals surface area contributed by atoms with Crippen molar-refractivity contribution < 1.29 is 9.90 Å². The number of aromatic nitrogens is 2. The molecule has 2 atom stereocenters. The molecule has 1 aromatic rings. The summed E-state index contributed by atoms with van der Waals surface area (Å²) in [4.78, 5) is 21.9. The lowest BCUT2D eigenvalue weighted by atomic mass is 10.0. The predicted octanol–water partition coefficient (Wildman–Crippen LogP) is 0.628. The number of likely N-dealkylation sites (tertiary alicyclic amines) is 1. The van der Waals surface area contributed by atoms with Gasteiger partial charge in [-0.05, 0) is 20.3 Å². The molecule has 1 aliphatic heterocycles. The zero-order chi connectivity index (χ0) is 12.4. The van der Waals surface area contributed by atoms with Crippen LogP contribution in [0.25, 0.3) is 0 Å². The van der Waals surface area contributed by atoms with Crippen LogP contribution in [-0.2, 0) is 0 Å². The highest BCUT2D eigenvalue weighted by molar-refractivity contribution is 5.92. The number of aryl methyl sites for hydroxylation is 1. The van der Waals surface area contributed by atoms with Gasteiger partial charge in [0.2, 0.25) is 0 Å². The normalized spacial score (nSPS) is 21.6. The summed E-state index contributed by atoms with van der Waals surface area (Å²) in [6.07, 6.45) is 3.59. The topological polar surface area (TPSA) is 66.3 Å². The van der Waals surface area contributed by atoms with Gasteiger partial charge in [-0.2, -0.15) is 0 Å². The van der Waals surface area contributed by atoms with Gasteiger partial charge < -0.3 is 10.0 Å².